The first kappa shape index (κ1) is 12.3. The Bertz CT molecular complexity index is 349. The van der Waals surface area contributed by atoms with Crippen LogP contribution in [-0.4, -0.2) is 5.78 Å². The first-order valence-corrected chi connectivity index (χ1v) is 6.85. The van der Waals surface area contributed by atoms with Gasteiger partial charge in [0.15, 0.2) is 5.78 Å². The van der Waals surface area contributed by atoms with Gasteiger partial charge in [-0.15, -0.1) is 0 Å². The van der Waals surface area contributed by atoms with Gasteiger partial charge in [-0.1, -0.05) is 62.9 Å². The third-order valence-electron chi connectivity index (χ3n) is 4.13. The van der Waals surface area contributed by atoms with Crippen LogP contribution in [0, 0.1) is 11.8 Å². The van der Waals surface area contributed by atoms with E-state index in [2.05, 4.69) is 6.92 Å². The summed E-state index contributed by atoms with van der Waals surface area (Å²) < 4.78 is 0. The Hall–Kier alpha value is -1.11. The van der Waals surface area contributed by atoms with Gasteiger partial charge >= 0.3 is 0 Å². The minimum absolute atomic E-state index is 0.301. The predicted octanol–water partition coefficient (Wildman–Crippen LogP) is 4.48. The van der Waals surface area contributed by atoms with Crippen molar-refractivity contribution in [2.45, 2.75) is 45.4 Å². The molecule has 0 heterocycles. The maximum absolute atomic E-state index is 12.0. The molecule has 0 N–H and O–H groups in total. The maximum Gasteiger partial charge on any atom is 0.162 e. The Morgan fingerprint density at radius 2 is 1.88 bits per heavy atom. The lowest BCUT2D eigenvalue weighted by Gasteiger charge is -2.18. The summed E-state index contributed by atoms with van der Waals surface area (Å²) in [7, 11) is 0. The lowest BCUT2D eigenvalue weighted by molar-refractivity contribution is 0.0970. The van der Waals surface area contributed by atoms with Crippen LogP contribution in [0.3, 0.4) is 0 Å². The third-order valence-corrected chi connectivity index (χ3v) is 4.13. The second-order valence-electron chi connectivity index (χ2n) is 5.35. The van der Waals surface area contributed by atoms with Crippen molar-refractivity contribution in [3.05, 3.63) is 35.9 Å². The highest BCUT2D eigenvalue weighted by atomic mass is 16.1. The van der Waals surface area contributed by atoms with E-state index in [1.807, 2.05) is 30.3 Å². The van der Waals surface area contributed by atoms with Crippen molar-refractivity contribution in [2.75, 3.05) is 0 Å². The molecule has 2 rings (SSSR count). The summed E-state index contributed by atoms with van der Waals surface area (Å²) in [5.74, 6) is 1.89. The molecule has 1 heteroatoms. The molecule has 1 aliphatic carbocycles. The quantitative estimate of drug-likeness (QED) is 0.682. The molecule has 1 aliphatic rings. The second kappa shape index (κ2) is 6.00. The summed E-state index contributed by atoms with van der Waals surface area (Å²) in [6.07, 6.45) is 7.30. The molecule has 1 aromatic carbocycles. The molecule has 1 saturated carbocycles. The number of benzene rings is 1. The first-order valence-electron chi connectivity index (χ1n) is 6.85. The lowest BCUT2D eigenvalue weighted by atomic mass is 9.87. The van der Waals surface area contributed by atoms with Gasteiger partial charge in [0, 0.05) is 12.0 Å². The summed E-state index contributed by atoms with van der Waals surface area (Å²) in [6, 6.07) is 9.67. The fourth-order valence-corrected chi connectivity index (χ4v) is 2.89. The Kier molecular flexibility index (Phi) is 4.36. The number of hydrogen-bond acceptors (Lipinski definition) is 1. The van der Waals surface area contributed by atoms with E-state index in [1.165, 1.54) is 25.7 Å². The topological polar surface area (TPSA) is 17.1 Å². The van der Waals surface area contributed by atoms with Crippen LogP contribution in [0.25, 0.3) is 0 Å². The zero-order chi connectivity index (χ0) is 12.1. The van der Waals surface area contributed by atoms with Crippen LogP contribution < -0.4 is 0 Å². The third kappa shape index (κ3) is 3.42. The zero-order valence-corrected chi connectivity index (χ0v) is 10.7. The van der Waals surface area contributed by atoms with E-state index < -0.39 is 0 Å². The van der Waals surface area contributed by atoms with Crippen LogP contribution in [0.5, 0.6) is 0 Å². The van der Waals surface area contributed by atoms with Gasteiger partial charge in [0.05, 0.1) is 0 Å². The van der Waals surface area contributed by atoms with E-state index in [1.54, 1.807) is 0 Å². The normalized spacial score (nSPS) is 18.2. The van der Waals surface area contributed by atoms with E-state index in [9.17, 15) is 4.79 Å². The van der Waals surface area contributed by atoms with Crippen LogP contribution >= 0.6 is 0 Å². The molecule has 1 fully saturated rings. The SMILES string of the molecule is CC(CCC(=O)c1ccccc1)C1CCCC1. The Morgan fingerprint density at radius 1 is 1.24 bits per heavy atom. The van der Waals surface area contributed by atoms with Gasteiger partial charge in [-0.2, -0.15) is 0 Å². The van der Waals surface area contributed by atoms with Crippen LogP contribution in [0.4, 0.5) is 0 Å². The largest absolute Gasteiger partial charge is 0.294 e. The average molecular weight is 230 g/mol. The van der Waals surface area contributed by atoms with Crippen LogP contribution in [-0.2, 0) is 0 Å². The minimum Gasteiger partial charge on any atom is -0.294 e. The van der Waals surface area contributed by atoms with Gasteiger partial charge in [-0.05, 0) is 18.3 Å². The Balaban J connectivity index is 1.80. The number of Topliss-reactive ketones (excluding diaryl/α,β-unsaturated/α-hetero) is 1. The van der Waals surface area contributed by atoms with Crippen molar-refractivity contribution in [3.8, 4) is 0 Å². The van der Waals surface area contributed by atoms with Crippen molar-refractivity contribution in [1.82, 2.24) is 0 Å². The molecule has 92 valence electrons. The van der Waals surface area contributed by atoms with E-state index in [4.69, 9.17) is 0 Å². The lowest BCUT2D eigenvalue weighted by Crippen LogP contribution is -2.10. The van der Waals surface area contributed by atoms with Gasteiger partial charge in [0.2, 0.25) is 0 Å². The number of carbonyl (C=O) groups excluding carboxylic acids is 1. The second-order valence-corrected chi connectivity index (χ2v) is 5.35. The Morgan fingerprint density at radius 3 is 2.53 bits per heavy atom. The summed E-state index contributed by atoms with van der Waals surface area (Å²) >= 11 is 0. The van der Waals surface area contributed by atoms with Crippen molar-refractivity contribution in [1.29, 1.82) is 0 Å². The summed E-state index contributed by atoms with van der Waals surface area (Å²) in [5, 5.41) is 0. The molecule has 1 unspecified atom stereocenters. The molecule has 0 bridgehead atoms. The summed E-state index contributed by atoms with van der Waals surface area (Å²) in [4.78, 5) is 12.0. The van der Waals surface area contributed by atoms with E-state index in [0.717, 1.165) is 17.9 Å². The molecule has 0 aliphatic heterocycles. The van der Waals surface area contributed by atoms with Gasteiger partial charge in [0.25, 0.3) is 0 Å². The van der Waals surface area contributed by atoms with E-state index in [-0.39, 0.29) is 0 Å². The zero-order valence-electron chi connectivity index (χ0n) is 10.7. The van der Waals surface area contributed by atoms with Crippen molar-refractivity contribution in [2.24, 2.45) is 11.8 Å². The summed E-state index contributed by atoms with van der Waals surface area (Å²) in [5.41, 5.74) is 0.867. The van der Waals surface area contributed by atoms with Crippen molar-refractivity contribution < 1.29 is 4.79 Å². The summed E-state index contributed by atoms with van der Waals surface area (Å²) in [6.45, 7) is 2.31. The standard InChI is InChI=1S/C16H22O/c1-13(14-7-5-6-8-14)11-12-16(17)15-9-3-2-4-10-15/h2-4,9-10,13-14H,5-8,11-12H2,1H3. The fourth-order valence-electron chi connectivity index (χ4n) is 2.89. The first-order chi connectivity index (χ1) is 8.27. The fraction of sp³-hybridized carbons (Fsp3) is 0.562. The number of hydrogen-bond donors (Lipinski definition) is 0. The molecule has 1 atom stereocenters. The van der Waals surface area contributed by atoms with Gasteiger partial charge in [-0.3, -0.25) is 4.79 Å². The highest BCUT2D eigenvalue weighted by Gasteiger charge is 2.21. The smallest absolute Gasteiger partial charge is 0.162 e. The predicted molar refractivity (Wildman–Crippen MR) is 71.1 cm³/mol. The van der Waals surface area contributed by atoms with Gasteiger partial charge < -0.3 is 0 Å². The van der Waals surface area contributed by atoms with Gasteiger partial charge in [0.1, 0.15) is 0 Å². The Labute approximate surface area is 104 Å². The van der Waals surface area contributed by atoms with Crippen LogP contribution in [0.15, 0.2) is 30.3 Å². The molecule has 1 aromatic rings. The monoisotopic (exact) mass is 230 g/mol. The molecule has 0 spiro atoms. The highest BCUT2D eigenvalue weighted by molar-refractivity contribution is 5.95. The molecular formula is C16H22O. The van der Waals surface area contributed by atoms with Crippen LogP contribution in [0.2, 0.25) is 0 Å². The number of rotatable bonds is 5. The number of ketones is 1. The minimum atomic E-state index is 0.301. The molecular weight excluding hydrogens is 208 g/mol. The molecule has 1 nitrogen and oxygen atoms in total. The molecule has 0 aromatic heterocycles. The van der Waals surface area contributed by atoms with Crippen molar-refractivity contribution in [3.63, 3.8) is 0 Å². The average Bonchev–Trinajstić information content (AvgIpc) is 2.90. The molecule has 0 radical (unpaired) electrons. The van der Waals surface area contributed by atoms with Gasteiger partial charge in [-0.25, -0.2) is 0 Å². The molecule has 0 saturated heterocycles. The molecule has 17 heavy (non-hydrogen) atoms. The highest BCUT2D eigenvalue weighted by Crippen LogP contribution is 2.33. The van der Waals surface area contributed by atoms with Crippen LogP contribution in [0.1, 0.15) is 55.8 Å². The number of carbonyl (C=O) groups is 1. The molecule has 0 amide bonds. The maximum atomic E-state index is 12.0. The van der Waals surface area contributed by atoms with E-state index in [0.29, 0.717) is 18.1 Å². The van der Waals surface area contributed by atoms with E-state index >= 15 is 0 Å². The van der Waals surface area contributed by atoms with Crippen molar-refractivity contribution >= 4 is 5.78 Å².